The first-order chi connectivity index (χ1) is 2.73. The quantitative estimate of drug-likeness (QED) is 0.233. The maximum Gasteiger partial charge on any atom is 0.631 e. The molecule has 0 aliphatic rings. The van der Waals surface area contributed by atoms with Gasteiger partial charge in [0, 0.05) is 0 Å². The number of rotatable bonds is 0. The van der Waals surface area contributed by atoms with Gasteiger partial charge in [-0.3, -0.25) is 0 Å². The Bertz CT molecular complexity index is 16.4. The topological polar surface area (TPSA) is 116 Å². The van der Waals surface area contributed by atoms with Gasteiger partial charge in [-0.15, -0.1) is 0 Å². The summed E-state index contributed by atoms with van der Waals surface area (Å²) in [5.74, 6) is 0. The summed E-state index contributed by atoms with van der Waals surface area (Å²) < 4.78 is 8.50. The Hall–Kier alpha value is -0.205. The Morgan fingerprint density at radius 3 is 1.00 bits per heavy atom. The van der Waals surface area contributed by atoms with Crippen LogP contribution in [0.1, 0.15) is 0 Å². The summed E-state index contributed by atoms with van der Waals surface area (Å²) in [7, 11) is -2.17. The minimum atomic E-state index is -2.17. The maximum absolute atomic E-state index is 8.50. The van der Waals surface area contributed by atoms with Crippen molar-refractivity contribution in [3.05, 3.63) is 0 Å². The average Bonchev–Trinajstić information content (AvgIpc) is 1.41. The minimum absolute atomic E-state index is 0. The second-order valence-corrected chi connectivity index (χ2v) is 0.346. The fourth-order valence-electron chi connectivity index (χ4n) is 0. The summed E-state index contributed by atoms with van der Waals surface area (Å²) in [6.45, 7) is 0. The molecule has 0 fully saturated rings. The van der Waals surface area contributed by atoms with Crippen molar-refractivity contribution in [3.63, 3.8) is 0 Å². The lowest BCUT2D eigenvalue weighted by Gasteiger charge is -1.69. The lowest BCUT2D eigenvalue weighted by molar-refractivity contribution is -0.0441. The van der Waals surface area contributed by atoms with Crippen LogP contribution in [0.25, 0.3) is 0 Å². The molecule has 0 saturated heterocycles. The van der Waals surface area contributed by atoms with E-state index in [1.54, 1.807) is 0 Å². The van der Waals surface area contributed by atoms with E-state index in [-0.39, 0.29) is 6.15 Å². The zero-order valence-electron chi connectivity index (χ0n) is 3.45. The Morgan fingerprint density at radius 2 is 1.00 bits per heavy atom. The third kappa shape index (κ3) is 1980. The predicted octanol–water partition coefficient (Wildman–Crippen LogP) is -2.03. The molecule has 0 unspecified atom stereocenters. The fraction of sp³-hybridized carbons (Fsp3) is 0. The highest BCUT2D eigenvalue weighted by atomic mass is 19.3. The Labute approximate surface area is 39.7 Å². The Kier molecular flexibility index (Phi) is 38.6. The summed E-state index contributed by atoms with van der Waals surface area (Å²) in [5.41, 5.74) is 0. The number of hydrogen-bond donors (Lipinski definition) is 5. The summed E-state index contributed by atoms with van der Waals surface area (Å²) >= 11 is 0. The molecule has 5 nitrogen and oxygen atoms in total. The van der Waals surface area contributed by atoms with Crippen LogP contribution in [0.4, 0.5) is 4.53 Å². The van der Waals surface area contributed by atoms with Crippen molar-refractivity contribution in [3.8, 4) is 0 Å². The third-order valence-electron chi connectivity index (χ3n) is 0. The van der Waals surface area contributed by atoms with E-state index < -0.39 is 7.32 Å². The lowest BCUT2D eigenvalue weighted by Crippen LogP contribution is -2.07. The summed E-state index contributed by atoms with van der Waals surface area (Å²) in [5, 5.41) is 27.0. The van der Waals surface area contributed by atoms with Crippen LogP contribution in [0.15, 0.2) is 0 Å². The van der Waals surface area contributed by atoms with Gasteiger partial charge in [0.05, 0.1) is 0 Å². The molecule has 7 heavy (non-hydrogen) atoms. The molecule has 0 aromatic heterocycles. The molecule has 0 rings (SSSR count). The molecule has 0 saturated carbocycles. The first-order valence-corrected chi connectivity index (χ1v) is 0.944. The number of halogens is 1. The molecule has 0 heterocycles. The van der Waals surface area contributed by atoms with E-state index >= 15 is 0 Å². The van der Waals surface area contributed by atoms with Crippen molar-refractivity contribution in [2.24, 2.45) is 0 Å². The van der Waals surface area contributed by atoms with Crippen molar-refractivity contribution in [1.82, 2.24) is 6.15 Å². The molecule has 7 heteroatoms. The zero-order chi connectivity index (χ0) is 5.58. The van der Waals surface area contributed by atoms with Gasteiger partial charge in [-0.25, -0.2) is 5.31 Å². The molecule has 0 radical (unpaired) electrons. The molecule has 0 aliphatic heterocycles. The average molecular weight is 115 g/mol. The first-order valence-electron chi connectivity index (χ1n) is 0.944. The monoisotopic (exact) mass is 115 g/mol. The van der Waals surface area contributed by atoms with E-state index in [2.05, 4.69) is 0 Å². The standard InChI is InChI=1S/BH3O3.FHO.H3N/c2-1(3)4;1-2;/h2-4H;2H;1H3. The van der Waals surface area contributed by atoms with Gasteiger partial charge in [0.15, 0.2) is 0 Å². The second-order valence-electron chi connectivity index (χ2n) is 0.346. The largest absolute Gasteiger partial charge is 0.631 e. The highest BCUT2D eigenvalue weighted by Crippen LogP contribution is 1.40. The molecule has 0 aromatic carbocycles. The molecule has 0 amide bonds. The van der Waals surface area contributed by atoms with Gasteiger partial charge in [0.25, 0.3) is 0 Å². The van der Waals surface area contributed by atoms with E-state index in [9.17, 15) is 0 Å². The van der Waals surface area contributed by atoms with Crippen LogP contribution in [0.2, 0.25) is 0 Å². The summed E-state index contributed by atoms with van der Waals surface area (Å²) in [6.07, 6.45) is 0. The van der Waals surface area contributed by atoms with Gasteiger partial charge in [-0.05, 0) is 0 Å². The van der Waals surface area contributed by atoms with Gasteiger partial charge in [-0.2, -0.15) is 0 Å². The molecule has 0 aliphatic carbocycles. The number of hydrogen-bond acceptors (Lipinski definition) is 5. The first kappa shape index (κ1) is 15.8. The highest BCUT2D eigenvalue weighted by Gasteiger charge is 1.92. The second kappa shape index (κ2) is 17.1. The molecule has 7 N–H and O–H groups in total. The summed E-state index contributed by atoms with van der Waals surface area (Å²) in [6, 6.07) is 0. The van der Waals surface area contributed by atoms with Crippen LogP contribution >= 0.6 is 0 Å². The van der Waals surface area contributed by atoms with Gasteiger partial charge < -0.3 is 21.2 Å². The normalized spacial score (nSPS) is 4.71. The Morgan fingerprint density at radius 1 is 1.00 bits per heavy atom. The van der Waals surface area contributed by atoms with Crippen LogP contribution < -0.4 is 6.15 Å². The molecule has 0 atom stereocenters. The van der Waals surface area contributed by atoms with E-state index in [0.717, 1.165) is 0 Å². The van der Waals surface area contributed by atoms with E-state index in [0.29, 0.717) is 0 Å². The smallest absolute Gasteiger partial charge is 0.402 e. The molecule has 46 valence electrons. The van der Waals surface area contributed by atoms with Crippen molar-refractivity contribution < 1.29 is 24.9 Å². The third-order valence-corrected chi connectivity index (χ3v) is 0. The van der Waals surface area contributed by atoms with Crippen LogP contribution in [-0.4, -0.2) is 27.7 Å². The minimum Gasteiger partial charge on any atom is -0.402 e. The highest BCUT2D eigenvalue weighted by molar-refractivity contribution is 6.30. The van der Waals surface area contributed by atoms with E-state index in [1.807, 2.05) is 0 Å². The van der Waals surface area contributed by atoms with E-state index in [4.69, 9.17) is 24.9 Å². The van der Waals surface area contributed by atoms with Crippen molar-refractivity contribution in [1.29, 1.82) is 0 Å². The van der Waals surface area contributed by atoms with Gasteiger partial charge in [-0.1, -0.05) is 4.53 Å². The van der Waals surface area contributed by atoms with Gasteiger partial charge in [0.2, 0.25) is 0 Å². The summed E-state index contributed by atoms with van der Waals surface area (Å²) in [4.78, 5) is 0. The van der Waals surface area contributed by atoms with Gasteiger partial charge in [0.1, 0.15) is 0 Å². The van der Waals surface area contributed by atoms with Crippen LogP contribution in [0.3, 0.4) is 0 Å². The van der Waals surface area contributed by atoms with Crippen molar-refractivity contribution in [2.45, 2.75) is 0 Å². The van der Waals surface area contributed by atoms with Crippen LogP contribution in [0, 0.1) is 0 Å². The van der Waals surface area contributed by atoms with Crippen LogP contribution in [0.5, 0.6) is 0 Å². The fourth-order valence-corrected chi connectivity index (χ4v) is 0. The van der Waals surface area contributed by atoms with Crippen molar-refractivity contribution in [2.75, 3.05) is 0 Å². The predicted molar refractivity (Wildman–Crippen MR) is 20.8 cm³/mol. The lowest BCUT2D eigenvalue weighted by atomic mass is 10.3. The van der Waals surface area contributed by atoms with Crippen molar-refractivity contribution >= 4 is 7.32 Å². The van der Waals surface area contributed by atoms with E-state index in [1.165, 1.54) is 0 Å². The van der Waals surface area contributed by atoms with Crippen LogP contribution in [-0.2, 0) is 0 Å². The SMILES string of the molecule is N.OB(O)O.OF. The molecule has 0 aromatic rings. The molecule has 0 bridgehead atoms. The van der Waals surface area contributed by atoms with Gasteiger partial charge >= 0.3 is 7.32 Å². The Balaban J connectivity index is -0.0000000480. The maximum atomic E-state index is 8.50. The zero-order valence-corrected chi connectivity index (χ0v) is 3.45. The molecular weight excluding hydrogens is 108 g/mol. The molecule has 0 spiro atoms. The molecular formula is H7BFNO4.